The molecule has 1 aromatic rings. The molecule has 0 amide bonds. The molecule has 0 bridgehead atoms. The summed E-state index contributed by atoms with van der Waals surface area (Å²) < 4.78 is -1.53. The summed E-state index contributed by atoms with van der Waals surface area (Å²) in [5.41, 5.74) is 0.808. The first-order valence-corrected chi connectivity index (χ1v) is 4.30. The Hall–Kier alpha value is 0.0500. The quantitative estimate of drug-likeness (QED) is 0.555. The Morgan fingerprint density at radius 3 is 2.08 bits per heavy atom. The minimum absolute atomic E-state index is 0. The number of carbonyl (C=O) groups is 1. The van der Waals surface area contributed by atoms with Gasteiger partial charge >= 0.3 is 0 Å². The van der Waals surface area contributed by atoms with Crippen molar-refractivity contribution >= 4 is 53.5 Å². The molecule has 0 spiro atoms. The largest absolute Gasteiger partial charge is 0.298 e. The molecule has 0 aliphatic rings. The fourth-order valence-corrected chi connectivity index (χ4v) is 1.37. The third kappa shape index (κ3) is 3.35. The van der Waals surface area contributed by atoms with Gasteiger partial charge in [-0.05, 0) is 0 Å². The molecule has 0 saturated carbocycles. The highest BCUT2D eigenvalue weighted by atomic mass is 35.6. The maximum atomic E-state index is 10.5. The molecule has 0 aromatic heterocycles. The smallest absolute Gasteiger partial charge is 0.216 e. The normalized spacial score (nSPS) is 10.4. The summed E-state index contributed by atoms with van der Waals surface area (Å²) in [5.74, 6) is 0. The van der Waals surface area contributed by atoms with Crippen LogP contribution in [0.2, 0.25) is 0 Å². The highest BCUT2D eigenvalue weighted by molar-refractivity contribution is 6.66. The predicted octanol–water partition coefficient (Wildman–Crippen LogP) is 3.75. The number of benzene rings is 1. The van der Waals surface area contributed by atoms with E-state index in [0.29, 0.717) is 17.4 Å². The molecule has 0 fully saturated rings. The van der Waals surface area contributed by atoms with Gasteiger partial charge in [-0.3, -0.25) is 4.79 Å². The molecule has 0 aliphatic carbocycles. The first-order valence-electron chi connectivity index (χ1n) is 3.17. The zero-order valence-corrected chi connectivity index (χ0v) is 9.42. The average molecular weight is 260 g/mol. The summed E-state index contributed by atoms with van der Waals surface area (Å²) in [6, 6.07) is 6.63. The average Bonchev–Trinajstić information content (AvgIpc) is 2.03. The molecule has 13 heavy (non-hydrogen) atoms. The summed E-state index contributed by atoms with van der Waals surface area (Å²) in [7, 11) is 0. The molecule has 1 nitrogen and oxygen atoms in total. The Morgan fingerprint density at radius 2 is 1.69 bits per heavy atom. The van der Waals surface area contributed by atoms with E-state index in [-0.39, 0.29) is 12.4 Å². The second kappa shape index (κ2) is 5.06. The van der Waals surface area contributed by atoms with Crippen LogP contribution in [0.1, 0.15) is 15.9 Å². The zero-order chi connectivity index (χ0) is 9.19. The Kier molecular flexibility index (Phi) is 5.08. The van der Waals surface area contributed by atoms with Crippen molar-refractivity contribution in [2.45, 2.75) is 3.79 Å². The van der Waals surface area contributed by atoms with Gasteiger partial charge in [0.05, 0.1) is 0 Å². The van der Waals surface area contributed by atoms with E-state index < -0.39 is 3.79 Å². The van der Waals surface area contributed by atoms with E-state index in [9.17, 15) is 4.79 Å². The highest BCUT2D eigenvalue weighted by Gasteiger charge is 2.25. The van der Waals surface area contributed by atoms with E-state index >= 15 is 0 Å². The molecule has 0 radical (unpaired) electrons. The van der Waals surface area contributed by atoms with Crippen LogP contribution < -0.4 is 0 Å². The van der Waals surface area contributed by atoms with Crippen molar-refractivity contribution in [1.29, 1.82) is 0 Å². The second-order valence-electron chi connectivity index (χ2n) is 2.20. The minimum atomic E-state index is -1.53. The van der Waals surface area contributed by atoms with Crippen LogP contribution in [0.5, 0.6) is 0 Å². The fourth-order valence-electron chi connectivity index (χ4n) is 0.858. The van der Waals surface area contributed by atoms with Gasteiger partial charge < -0.3 is 0 Å². The zero-order valence-electron chi connectivity index (χ0n) is 6.34. The van der Waals surface area contributed by atoms with Crippen molar-refractivity contribution in [3.8, 4) is 0 Å². The van der Waals surface area contributed by atoms with Crippen molar-refractivity contribution in [2.24, 2.45) is 0 Å². The van der Waals surface area contributed by atoms with Crippen molar-refractivity contribution in [3.05, 3.63) is 35.4 Å². The molecule has 0 N–H and O–H groups in total. The maximum Gasteiger partial charge on any atom is 0.216 e. The van der Waals surface area contributed by atoms with E-state index in [2.05, 4.69) is 0 Å². The van der Waals surface area contributed by atoms with Crippen LogP contribution >= 0.6 is 47.2 Å². The van der Waals surface area contributed by atoms with Crippen LogP contribution in [0.4, 0.5) is 0 Å². The molecule has 5 heteroatoms. The van der Waals surface area contributed by atoms with E-state index in [0.717, 1.165) is 0 Å². The Balaban J connectivity index is 0.00000144. The van der Waals surface area contributed by atoms with Gasteiger partial charge in [-0.15, -0.1) is 12.4 Å². The van der Waals surface area contributed by atoms with Crippen molar-refractivity contribution in [1.82, 2.24) is 0 Å². The van der Waals surface area contributed by atoms with Crippen LogP contribution in [0, 0.1) is 0 Å². The van der Waals surface area contributed by atoms with E-state index in [4.69, 9.17) is 34.8 Å². The lowest BCUT2D eigenvalue weighted by Gasteiger charge is -2.12. The van der Waals surface area contributed by atoms with Gasteiger partial charge in [0, 0.05) is 11.1 Å². The third-order valence-electron chi connectivity index (χ3n) is 1.39. The predicted molar refractivity (Wildman–Crippen MR) is 58.3 cm³/mol. The van der Waals surface area contributed by atoms with Crippen LogP contribution in [0.15, 0.2) is 24.3 Å². The van der Waals surface area contributed by atoms with Crippen molar-refractivity contribution < 1.29 is 4.79 Å². The van der Waals surface area contributed by atoms with Crippen LogP contribution in [-0.2, 0) is 3.79 Å². The molecule has 0 aliphatic heterocycles. The monoisotopic (exact) mass is 258 g/mol. The number of hydrogen-bond acceptors (Lipinski definition) is 1. The first kappa shape index (κ1) is 13.1. The molecule has 72 valence electrons. The molecular formula is C8H6Cl4O. The van der Waals surface area contributed by atoms with Gasteiger partial charge in [-0.1, -0.05) is 59.1 Å². The summed E-state index contributed by atoms with van der Waals surface area (Å²) in [5, 5.41) is 0. The molecule has 1 aromatic carbocycles. The number of alkyl halides is 3. The Bertz CT molecular complexity index is 292. The lowest BCUT2D eigenvalue weighted by Crippen LogP contribution is -2.03. The summed E-state index contributed by atoms with van der Waals surface area (Å²) in [6.07, 6.45) is 0.664. The van der Waals surface area contributed by atoms with Gasteiger partial charge in [-0.25, -0.2) is 0 Å². The van der Waals surface area contributed by atoms with Gasteiger partial charge in [-0.2, -0.15) is 0 Å². The number of halogens is 4. The minimum Gasteiger partial charge on any atom is -0.298 e. The summed E-state index contributed by atoms with van der Waals surface area (Å²) in [4.78, 5) is 10.5. The number of rotatable bonds is 1. The summed E-state index contributed by atoms with van der Waals surface area (Å²) >= 11 is 16.8. The summed E-state index contributed by atoms with van der Waals surface area (Å²) in [6.45, 7) is 0. The van der Waals surface area contributed by atoms with Gasteiger partial charge in [0.25, 0.3) is 0 Å². The van der Waals surface area contributed by atoms with Crippen molar-refractivity contribution in [2.75, 3.05) is 0 Å². The first-order chi connectivity index (χ1) is 5.55. The Morgan fingerprint density at radius 1 is 1.15 bits per heavy atom. The van der Waals surface area contributed by atoms with Crippen LogP contribution in [0.3, 0.4) is 0 Å². The van der Waals surface area contributed by atoms with Gasteiger partial charge in [0.1, 0.15) is 6.29 Å². The van der Waals surface area contributed by atoms with Gasteiger partial charge in [0.2, 0.25) is 3.79 Å². The fraction of sp³-hybridized carbons (Fsp3) is 0.125. The Labute approximate surface area is 97.4 Å². The topological polar surface area (TPSA) is 17.1 Å². The second-order valence-corrected chi connectivity index (χ2v) is 4.48. The lowest BCUT2D eigenvalue weighted by molar-refractivity contribution is 0.112. The van der Waals surface area contributed by atoms with Crippen molar-refractivity contribution in [3.63, 3.8) is 0 Å². The molecular weight excluding hydrogens is 254 g/mol. The number of carbonyl (C=O) groups excluding carboxylic acids is 1. The number of hydrogen-bond donors (Lipinski definition) is 0. The maximum absolute atomic E-state index is 10.5. The standard InChI is InChI=1S/C8H5Cl3O.ClH/c9-8(10,11)7-4-2-1-3-6(7)5-12;/h1-5H;1H. The SMILES string of the molecule is Cl.O=Cc1ccccc1C(Cl)(Cl)Cl. The van der Waals surface area contributed by atoms with Crippen LogP contribution in [-0.4, -0.2) is 6.29 Å². The molecule has 1 rings (SSSR count). The van der Waals surface area contributed by atoms with Gasteiger partial charge in [0.15, 0.2) is 0 Å². The highest BCUT2D eigenvalue weighted by Crippen LogP contribution is 2.39. The molecule has 0 heterocycles. The van der Waals surface area contributed by atoms with Crippen LogP contribution in [0.25, 0.3) is 0 Å². The molecule has 0 unspecified atom stereocenters. The molecule has 0 atom stereocenters. The van der Waals surface area contributed by atoms with E-state index in [1.165, 1.54) is 0 Å². The number of aldehydes is 1. The molecule has 0 saturated heterocycles. The van der Waals surface area contributed by atoms with E-state index in [1.807, 2.05) is 0 Å². The third-order valence-corrected chi connectivity index (χ3v) is 2.00. The lowest BCUT2D eigenvalue weighted by atomic mass is 10.1. The van der Waals surface area contributed by atoms with E-state index in [1.54, 1.807) is 24.3 Å².